The molecule has 6 heteroatoms. The first-order valence-electron chi connectivity index (χ1n) is 11.5. The SMILES string of the molecule is O=C(COC(=O)C12CC3CC(CC(C3)C1)C2)Nc1ccc2c(c1)OC1(CCCC1)O2. The third-order valence-electron chi connectivity index (χ3n) is 7.99. The summed E-state index contributed by atoms with van der Waals surface area (Å²) < 4.78 is 17.6. The summed E-state index contributed by atoms with van der Waals surface area (Å²) in [7, 11) is 0. The second-order valence-corrected chi connectivity index (χ2v) is 10.3. The number of benzene rings is 1. The molecule has 1 spiro atoms. The summed E-state index contributed by atoms with van der Waals surface area (Å²) in [5, 5.41) is 2.83. The highest BCUT2D eigenvalue weighted by Gasteiger charge is 2.55. The van der Waals surface area contributed by atoms with E-state index in [9.17, 15) is 9.59 Å². The molecule has 1 heterocycles. The molecule has 0 radical (unpaired) electrons. The molecule has 6 aliphatic rings. The summed E-state index contributed by atoms with van der Waals surface area (Å²) in [5.41, 5.74) is 0.298. The molecule has 0 saturated heterocycles. The summed E-state index contributed by atoms with van der Waals surface area (Å²) in [6.07, 6.45) is 10.7. The molecule has 1 N–H and O–H groups in total. The number of hydrogen-bond acceptors (Lipinski definition) is 5. The number of anilines is 1. The summed E-state index contributed by atoms with van der Waals surface area (Å²) >= 11 is 0. The average Bonchev–Trinajstić information content (AvgIpc) is 3.30. The number of rotatable bonds is 4. The number of amides is 1. The molecule has 160 valence electrons. The van der Waals surface area contributed by atoms with Crippen LogP contribution in [0.5, 0.6) is 11.5 Å². The maximum Gasteiger partial charge on any atom is 0.312 e. The third-order valence-corrected chi connectivity index (χ3v) is 7.99. The molecule has 7 rings (SSSR count). The summed E-state index contributed by atoms with van der Waals surface area (Å²) in [4.78, 5) is 25.3. The van der Waals surface area contributed by atoms with Crippen molar-refractivity contribution in [2.45, 2.75) is 70.0 Å². The molecular weight excluding hydrogens is 382 g/mol. The van der Waals surface area contributed by atoms with E-state index in [1.54, 1.807) is 12.1 Å². The fraction of sp³-hybridized carbons (Fsp3) is 0.667. The maximum absolute atomic E-state index is 12.9. The van der Waals surface area contributed by atoms with E-state index in [1.807, 2.05) is 6.07 Å². The number of hydrogen-bond donors (Lipinski definition) is 1. The van der Waals surface area contributed by atoms with Gasteiger partial charge in [-0.3, -0.25) is 9.59 Å². The summed E-state index contributed by atoms with van der Waals surface area (Å²) in [6.45, 7) is -0.237. The molecule has 5 saturated carbocycles. The first kappa shape index (κ1) is 18.5. The molecule has 1 aromatic carbocycles. The van der Waals surface area contributed by atoms with Crippen LogP contribution < -0.4 is 14.8 Å². The minimum absolute atomic E-state index is 0.161. The predicted octanol–water partition coefficient (Wildman–Crippen LogP) is 4.43. The standard InChI is InChI=1S/C24H29NO5/c26-21(14-28-22(27)23-11-15-7-16(12-23)9-17(8-15)13-23)25-18-3-4-19-20(10-18)30-24(29-19)5-1-2-6-24/h3-4,10,15-17H,1-2,5-9,11-14H2,(H,25,26). The topological polar surface area (TPSA) is 73.9 Å². The van der Waals surface area contributed by atoms with Gasteiger partial charge >= 0.3 is 5.97 Å². The zero-order valence-corrected chi connectivity index (χ0v) is 17.3. The third kappa shape index (κ3) is 3.07. The zero-order valence-electron chi connectivity index (χ0n) is 17.3. The Labute approximate surface area is 176 Å². The molecular formula is C24H29NO5. The quantitative estimate of drug-likeness (QED) is 0.742. The minimum atomic E-state index is -0.516. The smallest absolute Gasteiger partial charge is 0.312 e. The Hall–Kier alpha value is -2.24. The van der Waals surface area contributed by atoms with Crippen LogP contribution in [0.4, 0.5) is 5.69 Å². The van der Waals surface area contributed by atoms with Gasteiger partial charge in [-0.1, -0.05) is 0 Å². The van der Waals surface area contributed by atoms with E-state index in [0.717, 1.165) is 50.7 Å². The van der Waals surface area contributed by atoms with Crippen molar-refractivity contribution in [3.63, 3.8) is 0 Å². The van der Waals surface area contributed by atoms with Crippen LogP contribution in [-0.2, 0) is 14.3 Å². The average molecular weight is 411 g/mol. The highest BCUT2D eigenvalue weighted by atomic mass is 16.7. The molecule has 0 aromatic heterocycles. The van der Waals surface area contributed by atoms with Gasteiger partial charge in [-0.05, 0) is 81.3 Å². The van der Waals surface area contributed by atoms with Crippen molar-refractivity contribution >= 4 is 17.6 Å². The number of nitrogens with one attached hydrogen (secondary N) is 1. The van der Waals surface area contributed by atoms with Crippen molar-refractivity contribution in [3.05, 3.63) is 18.2 Å². The Morgan fingerprint density at radius 3 is 2.27 bits per heavy atom. The molecule has 30 heavy (non-hydrogen) atoms. The molecule has 5 aliphatic carbocycles. The van der Waals surface area contributed by atoms with Gasteiger partial charge in [0.2, 0.25) is 0 Å². The number of fused-ring (bicyclic) bond motifs is 1. The van der Waals surface area contributed by atoms with Crippen LogP contribution in [0.1, 0.15) is 64.2 Å². The summed E-state index contributed by atoms with van der Waals surface area (Å²) in [5.74, 6) is 2.42. The lowest BCUT2D eigenvalue weighted by Crippen LogP contribution is -2.50. The monoisotopic (exact) mass is 411 g/mol. The van der Waals surface area contributed by atoms with Gasteiger partial charge in [0.1, 0.15) is 0 Å². The van der Waals surface area contributed by atoms with E-state index in [1.165, 1.54) is 19.3 Å². The molecule has 5 fully saturated rings. The Balaban J connectivity index is 1.06. The van der Waals surface area contributed by atoms with Crippen molar-refractivity contribution in [1.29, 1.82) is 0 Å². The van der Waals surface area contributed by atoms with Crippen LogP contribution in [0.2, 0.25) is 0 Å². The number of esters is 1. The van der Waals surface area contributed by atoms with Gasteiger partial charge in [-0.15, -0.1) is 0 Å². The molecule has 6 nitrogen and oxygen atoms in total. The summed E-state index contributed by atoms with van der Waals surface area (Å²) in [6, 6.07) is 5.43. The van der Waals surface area contributed by atoms with Crippen LogP contribution in [-0.4, -0.2) is 24.3 Å². The largest absolute Gasteiger partial charge is 0.455 e. The van der Waals surface area contributed by atoms with Gasteiger partial charge in [0.15, 0.2) is 18.1 Å². The van der Waals surface area contributed by atoms with Crippen molar-refractivity contribution in [2.24, 2.45) is 23.2 Å². The first-order chi connectivity index (χ1) is 14.5. The van der Waals surface area contributed by atoms with E-state index in [-0.39, 0.29) is 23.9 Å². The Kier molecular flexibility index (Phi) is 4.09. The van der Waals surface area contributed by atoms with Gasteiger partial charge in [-0.25, -0.2) is 0 Å². The Bertz CT molecular complexity index is 852. The first-order valence-corrected chi connectivity index (χ1v) is 11.5. The van der Waals surface area contributed by atoms with Crippen molar-refractivity contribution in [1.82, 2.24) is 0 Å². The highest BCUT2D eigenvalue weighted by molar-refractivity contribution is 5.93. The van der Waals surface area contributed by atoms with Crippen LogP contribution in [0, 0.1) is 23.2 Å². The van der Waals surface area contributed by atoms with E-state index in [2.05, 4.69) is 5.32 Å². The Morgan fingerprint density at radius 2 is 1.60 bits per heavy atom. The molecule has 1 amide bonds. The molecule has 1 aliphatic heterocycles. The molecule has 0 atom stereocenters. The Morgan fingerprint density at radius 1 is 0.967 bits per heavy atom. The maximum atomic E-state index is 12.9. The van der Waals surface area contributed by atoms with Gasteiger partial charge in [0.05, 0.1) is 5.41 Å². The van der Waals surface area contributed by atoms with Crippen molar-refractivity contribution in [2.75, 3.05) is 11.9 Å². The van der Waals surface area contributed by atoms with Crippen LogP contribution >= 0.6 is 0 Å². The van der Waals surface area contributed by atoms with E-state index < -0.39 is 5.79 Å². The highest BCUT2D eigenvalue weighted by Crippen LogP contribution is 2.60. The van der Waals surface area contributed by atoms with Crippen LogP contribution in [0.3, 0.4) is 0 Å². The van der Waals surface area contributed by atoms with Crippen LogP contribution in [0.15, 0.2) is 18.2 Å². The second kappa shape index (κ2) is 6.63. The van der Waals surface area contributed by atoms with Gasteiger partial charge in [-0.2, -0.15) is 0 Å². The number of carbonyl (C=O) groups excluding carboxylic acids is 2. The van der Waals surface area contributed by atoms with E-state index >= 15 is 0 Å². The lowest BCUT2D eigenvalue weighted by molar-refractivity contribution is -0.172. The van der Waals surface area contributed by atoms with Gasteiger partial charge in [0.25, 0.3) is 11.7 Å². The lowest BCUT2D eigenvalue weighted by Gasteiger charge is -2.55. The second-order valence-electron chi connectivity index (χ2n) is 10.3. The molecule has 1 aromatic rings. The van der Waals surface area contributed by atoms with Gasteiger partial charge < -0.3 is 19.5 Å². The van der Waals surface area contributed by atoms with Crippen molar-refractivity contribution in [3.8, 4) is 11.5 Å². The lowest BCUT2D eigenvalue weighted by atomic mass is 9.49. The van der Waals surface area contributed by atoms with Gasteiger partial charge in [0, 0.05) is 24.6 Å². The fourth-order valence-electron chi connectivity index (χ4n) is 7.13. The van der Waals surface area contributed by atoms with E-state index in [0.29, 0.717) is 29.2 Å². The minimum Gasteiger partial charge on any atom is -0.455 e. The number of carbonyl (C=O) groups is 2. The van der Waals surface area contributed by atoms with Crippen molar-refractivity contribution < 1.29 is 23.8 Å². The number of ether oxygens (including phenoxy) is 3. The predicted molar refractivity (Wildman–Crippen MR) is 109 cm³/mol. The van der Waals surface area contributed by atoms with E-state index in [4.69, 9.17) is 14.2 Å². The fourth-order valence-corrected chi connectivity index (χ4v) is 7.13. The van der Waals surface area contributed by atoms with Crippen LogP contribution in [0.25, 0.3) is 0 Å². The molecule has 0 unspecified atom stereocenters. The zero-order chi connectivity index (χ0) is 20.3. The normalized spacial score (nSPS) is 34.3. The molecule has 4 bridgehead atoms.